The highest BCUT2D eigenvalue weighted by Crippen LogP contribution is 2.26. The van der Waals surface area contributed by atoms with Gasteiger partial charge in [-0.1, -0.05) is 50.1 Å². The SMILES string of the molecule is CO[C@@H](c1ccccc1)c1nnc([C@@H](C)CN2CCCCCC2)o1. The van der Waals surface area contributed by atoms with Crippen molar-refractivity contribution in [2.24, 2.45) is 0 Å². The first-order valence-electron chi connectivity index (χ1n) is 8.91. The van der Waals surface area contributed by atoms with Gasteiger partial charge in [0.2, 0.25) is 11.8 Å². The summed E-state index contributed by atoms with van der Waals surface area (Å²) >= 11 is 0. The van der Waals surface area contributed by atoms with Crippen LogP contribution in [0.2, 0.25) is 0 Å². The van der Waals surface area contributed by atoms with Gasteiger partial charge in [-0.25, -0.2) is 0 Å². The van der Waals surface area contributed by atoms with Crippen molar-refractivity contribution >= 4 is 0 Å². The fourth-order valence-corrected chi connectivity index (χ4v) is 3.34. The number of rotatable bonds is 6. The van der Waals surface area contributed by atoms with Gasteiger partial charge in [-0.3, -0.25) is 0 Å². The lowest BCUT2D eigenvalue weighted by atomic mass is 10.1. The van der Waals surface area contributed by atoms with E-state index in [1.807, 2.05) is 30.3 Å². The Morgan fingerprint density at radius 3 is 2.38 bits per heavy atom. The summed E-state index contributed by atoms with van der Waals surface area (Å²) < 4.78 is 11.5. The van der Waals surface area contributed by atoms with Crippen molar-refractivity contribution in [1.82, 2.24) is 15.1 Å². The minimum absolute atomic E-state index is 0.234. The van der Waals surface area contributed by atoms with E-state index in [-0.39, 0.29) is 12.0 Å². The summed E-state index contributed by atoms with van der Waals surface area (Å²) in [5.41, 5.74) is 1.02. The van der Waals surface area contributed by atoms with E-state index in [2.05, 4.69) is 22.0 Å². The highest BCUT2D eigenvalue weighted by molar-refractivity contribution is 5.21. The Hall–Kier alpha value is -1.72. The van der Waals surface area contributed by atoms with Gasteiger partial charge in [0, 0.05) is 19.6 Å². The smallest absolute Gasteiger partial charge is 0.249 e. The molecule has 0 radical (unpaired) electrons. The van der Waals surface area contributed by atoms with E-state index in [1.54, 1.807) is 7.11 Å². The Morgan fingerprint density at radius 1 is 1.04 bits per heavy atom. The lowest BCUT2D eigenvalue weighted by molar-refractivity contribution is 0.109. The Balaban J connectivity index is 1.67. The van der Waals surface area contributed by atoms with Crippen molar-refractivity contribution in [1.29, 1.82) is 0 Å². The van der Waals surface area contributed by atoms with Crippen molar-refractivity contribution in [3.05, 3.63) is 47.7 Å². The first-order chi connectivity index (χ1) is 11.8. The summed E-state index contributed by atoms with van der Waals surface area (Å²) in [4.78, 5) is 2.52. The summed E-state index contributed by atoms with van der Waals surface area (Å²) in [5, 5.41) is 8.51. The van der Waals surface area contributed by atoms with Gasteiger partial charge in [-0.2, -0.15) is 0 Å². The van der Waals surface area contributed by atoms with Crippen LogP contribution in [-0.4, -0.2) is 41.8 Å². The molecule has 0 bridgehead atoms. The molecule has 0 aliphatic carbocycles. The van der Waals surface area contributed by atoms with Crippen LogP contribution in [0.3, 0.4) is 0 Å². The molecular weight excluding hydrogens is 302 g/mol. The zero-order valence-corrected chi connectivity index (χ0v) is 14.6. The van der Waals surface area contributed by atoms with Crippen LogP contribution >= 0.6 is 0 Å². The van der Waals surface area contributed by atoms with Gasteiger partial charge in [-0.15, -0.1) is 10.2 Å². The lowest BCUT2D eigenvalue weighted by Gasteiger charge is -2.22. The van der Waals surface area contributed by atoms with E-state index in [0.717, 1.165) is 12.1 Å². The normalized spacial score (nSPS) is 18.9. The number of aromatic nitrogens is 2. The van der Waals surface area contributed by atoms with Gasteiger partial charge in [0.25, 0.3) is 0 Å². The molecule has 0 N–H and O–H groups in total. The van der Waals surface area contributed by atoms with Crippen LogP contribution in [0.5, 0.6) is 0 Å². The van der Waals surface area contributed by atoms with E-state index >= 15 is 0 Å². The van der Waals surface area contributed by atoms with Crippen molar-refractivity contribution < 1.29 is 9.15 Å². The molecular formula is C19H27N3O2. The number of likely N-dealkylation sites (tertiary alicyclic amines) is 1. The third-order valence-corrected chi connectivity index (χ3v) is 4.67. The van der Waals surface area contributed by atoms with Crippen LogP contribution < -0.4 is 0 Å². The monoisotopic (exact) mass is 329 g/mol. The van der Waals surface area contributed by atoms with Gasteiger partial charge in [0.05, 0.1) is 0 Å². The van der Waals surface area contributed by atoms with Crippen LogP contribution in [0.4, 0.5) is 0 Å². The predicted octanol–water partition coefficient (Wildman–Crippen LogP) is 3.78. The molecule has 1 saturated heterocycles. The third-order valence-electron chi connectivity index (χ3n) is 4.67. The van der Waals surface area contributed by atoms with Gasteiger partial charge >= 0.3 is 0 Å². The van der Waals surface area contributed by atoms with E-state index in [1.165, 1.54) is 38.8 Å². The quantitative estimate of drug-likeness (QED) is 0.807. The minimum Gasteiger partial charge on any atom is -0.422 e. The summed E-state index contributed by atoms with van der Waals surface area (Å²) in [5.74, 6) is 1.46. The van der Waals surface area contributed by atoms with Crippen LogP contribution in [-0.2, 0) is 4.74 Å². The average molecular weight is 329 g/mol. The number of nitrogens with zero attached hydrogens (tertiary/aromatic N) is 3. The Morgan fingerprint density at radius 2 is 1.71 bits per heavy atom. The number of ether oxygens (including phenoxy) is 1. The highest BCUT2D eigenvalue weighted by Gasteiger charge is 2.23. The number of hydrogen-bond acceptors (Lipinski definition) is 5. The molecule has 0 saturated carbocycles. The second kappa shape index (κ2) is 8.40. The fraction of sp³-hybridized carbons (Fsp3) is 0.579. The second-order valence-corrected chi connectivity index (χ2v) is 6.62. The maximum atomic E-state index is 5.95. The van der Waals surface area contributed by atoms with E-state index in [0.29, 0.717) is 11.8 Å². The lowest BCUT2D eigenvalue weighted by Crippen LogP contribution is -2.28. The Labute approximate surface area is 144 Å². The number of benzene rings is 1. The molecule has 1 aromatic heterocycles. The third kappa shape index (κ3) is 4.22. The van der Waals surface area contributed by atoms with E-state index in [4.69, 9.17) is 9.15 Å². The first-order valence-corrected chi connectivity index (χ1v) is 8.91. The molecule has 0 amide bonds. The maximum Gasteiger partial charge on any atom is 0.249 e. The van der Waals surface area contributed by atoms with Crippen LogP contribution in [0.1, 0.15) is 62.0 Å². The zero-order chi connectivity index (χ0) is 16.8. The molecule has 1 fully saturated rings. The van der Waals surface area contributed by atoms with E-state index in [9.17, 15) is 0 Å². The number of hydrogen-bond donors (Lipinski definition) is 0. The van der Waals surface area contributed by atoms with Gasteiger partial charge in [-0.05, 0) is 31.5 Å². The van der Waals surface area contributed by atoms with Crippen molar-refractivity contribution in [2.75, 3.05) is 26.7 Å². The topological polar surface area (TPSA) is 51.4 Å². The molecule has 0 unspecified atom stereocenters. The first kappa shape index (κ1) is 17.1. The van der Waals surface area contributed by atoms with Gasteiger partial charge in [0.15, 0.2) is 6.10 Å². The largest absolute Gasteiger partial charge is 0.422 e. The average Bonchev–Trinajstić information content (AvgIpc) is 2.95. The molecule has 1 aliphatic rings. The Bertz CT molecular complexity index is 606. The second-order valence-electron chi connectivity index (χ2n) is 6.62. The van der Waals surface area contributed by atoms with Crippen LogP contribution in [0.25, 0.3) is 0 Å². The molecule has 0 spiro atoms. The molecule has 5 heteroatoms. The molecule has 2 atom stereocenters. The number of methoxy groups -OCH3 is 1. The van der Waals surface area contributed by atoms with Crippen molar-refractivity contribution in [2.45, 2.75) is 44.6 Å². The molecule has 1 aromatic carbocycles. The molecule has 3 rings (SSSR count). The molecule has 2 heterocycles. The fourth-order valence-electron chi connectivity index (χ4n) is 3.34. The maximum absolute atomic E-state index is 5.95. The van der Waals surface area contributed by atoms with Gasteiger partial charge in [0.1, 0.15) is 0 Å². The zero-order valence-electron chi connectivity index (χ0n) is 14.6. The van der Waals surface area contributed by atoms with Crippen LogP contribution in [0, 0.1) is 0 Å². The van der Waals surface area contributed by atoms with Crippen molar-refractivity contribution in [3.8, 4) is 0 Å². The summed E-state index contributed by atoms with van der Waals surface area (Å²) in [7, 11) is 1.67. The minimum atomic E-state index is -0.308. The molecule has 130 valence electrons. The summed E-state index contributed by atoms with van der Waals surface area (Å²) in [6.45, 7) is 5.49. The predicted molar refractivity (Wildman–Crippen MR) is 92.9 cm³/mol. The molecule has 2 aromatic rings. The summed E-state index contributed by atoms with van der Waals surface area (Å²) in [6, 6.07) is 9.98. The summed E-state index contributed by atoms with van der Waals surface area (Å²) in [6.07, 6.45) is 4.98. The molecule has 1 aliphatic heterocycles. The molecule has 24 heavy (non-hydrogen) atoms. The van der Waals surface area contributed by atoms with E-state index < -0.39 is 0 Å². The van der Waals surface area contributed by atoms with Crippen molar-refractivity contribution in [3.63, 3.8) is 0 Å². The van der Waals surface area contributed by atoms with Crippen LogP contribution in [0.15, 0.2) is 34.7 Å². The van der Waals surface area contributed by atoms with Gasteiger partial charge < -0.3 is 14.1 Å². The highest BCUT2D eigenvalue weighted by atomic mass is 16.5. The molecule has 5 nitrogen and oxygen atoms in total. The Kier molecular flexibility index (Phi) is 5.99. The standard InChI is InChI=1S/C19H27N3O2/c1-15(14-22-12-8-3-4-9-13-22)18-20-21-19(24-18)17(23-2)16-10-6-5-7-11-16/h5-7,10-11,15,17H,3-4,8-9,12-14H2,1-2H3/t15-,17-/m0/s1.